The topological polar surface area (TPSA) is 99.6 Å². The van der Waals surface area contributed by atoms with Gasteiger partial charge >= 0.3 is 5.97 Å². The second-order valence-electron chi connectivity index (χ2n) is 11.2. The van der Waals surface area contributed by atoms with Crippen molar-refractivity contribution in [2.45, 2.75) is 49.3 Å². The van der Waals surface area contributed by atoms with Gasteiger partial charge in [-0.1, -0.05) is 39.5 Å². The first kappa shape index (κ1) is 29.1. The summed E-state index contributed by atoms with van der Waals surface area (Å²) in [5.41, 5.74) is 0. The molecule has 0 aliphatic carbocycles. The summed E-state index contributed by atoms with van der Waals surface area (Å²) < 4.78 is 10.2. The van der Waals surface area contributed by atoms with E-state index in [1.165, 1.54) is 6.08 Å². The largest absolute Gasteiger partial charge is 0.461 e. The Kier molecular flexibility index (Phi) is 9.27. The molecule has 10 heteroatoms. The maximum absolute atomic E-state index is 14.5. The monoisotopic (exact) mass is 549 g/mol. The highest BCUT2D eigenvalue weighted by Gasteiger charge is 2.77. The average Bonchev–Trinajstić information content (AvgIpc) is 3.49. The van der Waals surface area contributed by atoms with Crippen molar-refractivity contribution >= 4 is 29.5 Å². The average molecular weight is 550 g/mol. The van der Waals surface area contributed by atoms with Gasteiger partial charge in [-0.05, 0) is 18.3 Å². The van der Waals surface area contributed by atoms with Gasteiger partial charge in [0.1, 0.15) is 12.6 Å². The molecular formula is C28H43N3O6S. The number of ether oxygens (including phenoxy) is 2. The lowest BCUT2D eigenvalue weighted by molar-refractivity contribution is -0.154. The Labute approximate surface area is 230 Å². The highest BCUT2D eigenvalue weighted by atomic mass is 32.2. The zero-order valence-corrected chi connectivity index (χ0v) is 23.7. The van der Waals surface area contributed by atoms with Crippen LogP contribution in [0.15, 0.2) is 25.3 Å². The van der Waals surface area contributed by atoms with E-state index in [9.17, 15) is 19.5 Å². The molecule has 4 aliphatic heterocycles. The summed E-state index contributed by atoms with van der Waals surface area (Å²) in [4.78, 5) is 47.8. The molecule has 3 unspecified atom stereocenters. The molecule has 7 atom stereocenters. The Morgan fingerprint density at radius 2 is 2.00 bits per heavy atom. The standard InChI is InChI=1S/C28H43N3O6S/c1-6-8-30(10-9-29-11-14-36-15-12-29)26(34)24-28-19(5)16-21(38-28)22(27(35)37-13-7-2)23(28)25(33)31(24)20(17-32)18(3)4/h6-7,18-24,32H,1-2,8-17H2,3-5H3/t19?,20-,21-,22+,23-,24?,28?/m0/s1. The predicted molar refractivity (Wildman–Crippen MR) is 146 cm³/mol. The predicted octanol–water partition coefficient (Wildman–Crippen LogP) is 1.42. The fraction of sp³-hybridized carbons (Fsp3) is 0.750. The lowest BCUT2D eigenvalue weighted by Gasteiger charge is -2.43. The molecule has 1 spiro atoms. The zero-order chi connectivity index (χ0) is 27.6. The Morgan fingerprint density at radius 3 is 2.61 bits per heavy atom. The third-order valence-corrected chi connectivity index (χ3v) is 10.9. The van der Waals surface area contributed by atoms with Crippen molar-refractivity contribution in [3.05, 3.63) is 25.3 Å². The van der Waals surface area contributed by atoms with E-state index in [1.807, 2.05) is 13.8 Å². The highest BCUT2D eigenvalue weighted by Crippen LogP contribution is 2.69. The highest BCUT2D eigenvalue weighted by molar-refractivity contribution is 8.02. The van der Waals surface area contributed by atoms with Crippen molar-refractivity contribution in [3.63, 3.8) is 0 Å². The number of nitrogens with zero attached hydrogens (tertiary/aromatic N) is 3. The van der Waals surface area contributed by atoms with Crippen LogP contribution in [-0.2, 0) is 23.9 Å². The second kappa shape index (κ2) is 12.1. The SMILES string of the molecule is C=CCOC(=O)[C@@H]1[C@@H]2CC(C)C3(S2)C(C(=O)N(CC=C)CCN2CCOCC2)N([C@@H](CO)C(C)C)C(=O)[C@H]13. The molecule has 4 heterocycles. The Balaban J connectivity index is 1.71. The van der Waals surface area contributed by atoms with E-state index in [0.717, 1.165) is 19.5 Å². The molecule has 0 aromatic carbocycles. The van der Waals surface area contributed by atoms with E-state index in [2.05, 4.69) is 25.0 Å². The van der Waals surface area contributed by atoms with Crippen molar-refractivity contribution in [3.8, 4) is 0 Å². The van der Waals surface area contributed by atoms with Gasteiger partial charge in [-0.15, -0.1) is 18.3 Å². The molecule has 0 aromatic heterocycles. The molecular weight excluding hydrogens is 506 g/mol. The number of aliphatic hydroxyl groups is 1. The minimum atomic E-state index is -0.772. The van der Waals surface area contributed by atoms with E-state index < -0.39 is 34.6 Å². The minimum Gasteiger partial charge on any atom is -0.461 e. The molecule has 0 radical (unpaired) electrons. The normalized spacial score (nSPS) is 33.3. The van der Waals surface area contributed by atoms with Crippen LogP contribution in [0.4, 0.5) is 0 Å². The summed E-state index contributed by atoms with van der Waals surface area (Å²) in [5, 5.41) is 10.3. The Hall–Kier alpha value is -1.88. The van der Waals surface area contributed by atoms with Gasteiger partial charge in [0.2, 0.25) is 11.8 Å². The summed E-state index contributed by atoms with van der Waals surface area (Å²) in [6.45, 7) is 17.9. The van der Waals surface area contributed by atoms with Gasteiger partial charge in [0, 0.05) is 38.0 Å². The molecule has 1 N–H and O–H groups in total. The molecule has 2 bridgehead atoms. The molecule has 9 nitrogen and oxygen atoms in total. The molecule has 4 saturated heterocycles. The molecule has 4 aliphatic rings. The minimum absolute atomic E-state index is 0.0465. The summed E-state index contributed by atoms with van der Waals surface area (Å²) >= 11 is 1.62. The van der Waals surface area contributed by atoms with Crippen LogP contribution < -0.4 is 0 Å². The van der Waals surface area contributed by atoms with Crippen LogP contribution in [-0.4, -0.2) is 119 Å². The number of carbonyl (C=O) groups excluding carboxylic acids is 3. The van der Waals surface area contributed by atoms with E-state index in [1.54, 1.807) is 27.6 Å². The van der Waals surface area contributed by atoms with Crippen LogP contribution >= 0.6 is 11.8 Å². The molecule has 212 valence electrons. The first-order valence-electron chi connectivity index (χ1n) is 13.8. The number of rotatable bonds is 12. The number of thioether (sulfide) groups is 1. The van der Waals surface area contributed by atoms with Crippen molar-refractivity contribution < 1.29 is 29.0 Å². The molecule has 4 fully saturated rings. The number of esters is 1. The van der Waals surface area contributed by atoms with Crippen molar-refractivity contribution in [2.75, 3.05) is 59.2 Å². The van der Waals surface area contributed by atoms with Crippen molar-refractivity contribution in [2.24, 2.45) is 23.7 Å². The fourth-order valence-electron chi connectivity index (χ4n) is 6.93. The van der Waals surface area contributed by atoms with Crippen molar-refractivity contribution in [1.29, 1.82) is 0 Å². The first-order valence-corrected chi connectivity index (χ1v) is 14.7. The maximum Gasteiger partial charge on any atom is 0.311 e. The molecule has 0 aromatic rings. The number of aliphatic hydroxyl groups excluding tert-OH is 1. The third-order valence-electron chi connectivity index (χ3n) is 8.80. The number of fused-ring (bicyclic) bond motifs is 1. The van der Waals surface area contributed by atoms with Gasteiger partial charge in [-0.2, -0.15) is 0 Å². The van der Waals surface area contributed by atoms with Gasteiger partial charge in [-0.25, -0.2) is 0 Å². The summed E-state index contributed by atoms with van der Waals surface area (Å²) in [6.07, 6.45) is 3.98. The quantitative estimate of drug-likeness (QED) is 0.288. The first-order chi connectivity index (χ1) is 18.2. The lowest BCUT2D eigenvalue weighted by Crippen LogP contribution is -2.60. The van der Waals surface area contributed by atoms with E-state index in [0.29, 0.717) is 32.8 Å². The second-order valence-corrected chi connectivity index (χ2v) is 12.8. The zero-order valence-electron chi connectivity index (χ0n) is 22.9. The number of morpholine rings is 1. The fourth-order valence-corrected chi connectivity index (χ4v) is 9.32. The van der Waals surface area contributed by atoms with Crippen LogP contribution in [0.25, 0.3) is 0 Å². The van der Waals surface area contributed by atoms with Gasteiger partial charge in [0.15, 0.2) is 0 Å². The van der Waals surface area contributed by atoms with Crippen LogP contribution in [0.3, 0.4) is 0 Å². The van der Waals surface area contributed by atoms with Gasteiger partial charge < -0.3 is 24.4 Å². The number of likely N-dealkylation sites (tertiary alicyclic amines) is 1. The van der Waals surface area contributed by atoms with Crippen LogP contribution in [0.1, 0.15) is 27.2 Å². The Bertz CT molecular complexity index is 924. The van der Waals surface area contributed by atoms with E-state index in [4.69, 9.17) is 9.47 Å². The van der Waals surface area contributed by atoms with Crippen molar-refractivity contribution in [1.82, 2.24) is 14.7 Å². The van der Waals surface area contributed by atoms with Crippen LogP contribution in [0.5, 0.6) is 0 Å². The van der Waals surface area contributed by atoms with Crippen LogP contribution in [0.2, 0.25) is 0 Å². The molecule has 2 amide bonds. The molecule has 0 saturated carbocycles. The number of amides is 2. The molecule has 4 rings (SSSR count). The summed E-state index contributed by atoms with van der Waals surface area (Å²) in [6, 6.07) is -1.30. The van der Waals surface area contributed by atoms with Crippen LogP contribution in [0, 0.1) is 23.7 Å². The van der Waals surface area contributed by atoms with E-state index >= 15 is 0 Å². The van der Waals surface area contributed by atoms with E-state index in [-0.39, 0.29) is 42.1 Å². The number of hydrogen-bond acceptors (Lipinski definition) is 8. The third kappa shape index (κ3) is 4.93. The van der Waals surface area contributed by atoms with Gasteiger partial charge in [0.25, 0.3) is 0 Å². The molecule has 38 heavy (non-hydrogen) atoms. The summed E-state index contributed by atoms with van der Waals surface area (Å²) in [5.74, 6) is -2.05. The Morgan fingerprint density at radius 1 is 1.29 bits per heavy atom. The maximum atomic E-state index is 14.5. The summed E-state index contributed by atoms with van der Waals surface area (Å²) in [7, 11) is 0. The number of hydrogen-bond donors (Lipinski definition) is 1. The lowest BCUT2D eigenvalue weighted by atomic mass is 9.66. The number of carbonyl (C=O) groups is 3. The van der Waals surface area contributed by atoms with Gasteiger partial charge in [0.05, 0.1) is 42.4 Å². The van der Waals surface area contributed by atoms with Gasteiger partial charge in [-0.3, -0.25) is 19.3 Å². The smallest absolute Gasteiger partial charge is 0.311 e.